The average molecular weight is 423 g/mol. The van der Waals surface area contributed by atoms with Gasteiger partial charge in [0.05, 0.1) is 10.6 Å². The summed E-state index contributed by atoms with van der Waals surface area (Å²) in [4.78, 5) is 12.7. The molecule has 0 atom stereocenters. The molecular weight excluding hydrogens is 396 g/mol. The summed E-state index contributed by atoms with van der Waals surface area (Å²) in [5.41, 5.74) is 6.10. The quantitative estimate of drug-likeness (QED) is 0.587. The predicted molar refractivity (Wildman–Crippen MR) is 122 cm³/mol. The number of nitrogens with one attached hydrogen (secondary N) is 2. The zero-order chi connectivity index (χ0) is 22.1. The number of rotatable bonds is 5. The lowest BCUT2D eigenvalue weighted by atomic mass is 10.1. The summed E-state index contributed by atoms with van der Waals surface area (Å²) < 4.78 is 28.7. The fourth-order valence-corrected chi connectivity index (χ4v) is 4.58. The Morgan fingerprint density at radius 3 is 2.10 bits per heavy atom. The second-order valence-corrected chi connectivity index (χ2v) is 9.31. The van der Waals surface area contributed by atoms with E-state index in [-0.39, 0.29) is 10.8 Å². The van der Waals surface area contributed by atoms with Crippen LogP contribution in [0.2, 0.25) is 0 Å². The standard InChI is InChI=1S/C24H26N2O3S/c1-15-6-11-22(19(5)12-15)26-30(28,29)23-14-21(10-8-17(23)3)25-24(27)20-9-7-16(2)18(4)13-20/h6-14,26H,1-5H3,(H,25,27). The number of anilines is 2. The van der Waals surface area contributed by atoms with Crippen LogP contribution in [0, 0.1) is 34.6 Å². The molecule has 6 heteroatoms. The van der Waals surface area contributed by atoms with E-state index in [0.29, 0.717) is 22.5 Å². The zero-order valence-corrected chi connectivity index (χ0v) is 18.6. The van der Waals surface area contributed by atoms with Crippen molar-refractivity contribution in [3.63, 3.8) is 0 Å². The van der Waals surface area contributed by atoms with Crippen LogP contribution in [-0.4, -0.2) is 14.3 Å². The number of benzene rings is 3. The maximum Gasteiger partial charge on any atom is 0.262 e. The van der Waals surface area contributed by atoms with Crippen LogP contribution in [0.3, 0.4) is 0 Å². The summed E-state index contributed by atoms with van der Waals surface area (Å²) in [7, 11) is -3.82. The Morgan fingerprint density at radius 2 is 1.43 bits per heavy atom. The first-order valence-corrected chi connectivity index (χ1v) is 11.1. The van der Waals surface area contributed by atoms with Crippen molar-refractivity contribution in [3.05, 3.63) is 88.0 Å². The van der Waals surface area contributed by atoms with Crippen LogP contribution in [0.15, 0.2) is 59.5 Å². The minimum atomic E-state index is -3.82. The van der Waals surface area contributed by atoms with Crippen molar-refractivity contribution in [2.45, 2.75) is 39.5 Å². The molecule has 0 saturated carbocycles. The van der Waals surface area contributed by atoms with E-state index in [9.17, 15) is 13.2 Å². The molecule has 3 rings (SSSR count). The monoisotopic (exact) mass is 422 g/mol. The van der Waals surface area contributed by atoms with Crippen LogP contribution >= 0.6 is 0 Å². The van der Waals surface area contributed by atoms with Gasteiger partial charge in [-0.05, 0) is 87.2 Å². The van der Waals surface area contributed by atoms with Gasteiger partial charge in [-0.15, -0.1) is 0 Å². The van der Waals surface area contributed by atoms with Gasteiger partial charge in [0.1, 0.15) is 0 Å². The Hall–Kier alpha value is -3.12. The normalized spacial score (nSPS) is 11.2. The lowest BCUT2D eigenvalue weighted by molar-refractivity contribution is 0.102. The molecule has 156 valence electrons. The molecule has 1 amide bonds. The van der Waals surface area contributed by atoms with Gasteiger partial charge in [0.15, 0.2) is 0 Å². The number of aryl methyl sites for hydroxylation is 5. The minimum absolute atomic E-state index is 0.125. The van der Waals surface area contributed by atoms with E-state index >= 15 is 0 Å². The highest BCUT2D eigenvalue weighted by Crippen LogP contribution is 2.25. The van der Waals surface area contributed by atoms with Crippen molar-refractivity contribution in [2.75, 3.05) is 10.0 Å². The van der Waals surface area contributed by atoms with Crippen molar-refractivity contribution < 1.29 is 13.2 Å². The molecular formula is C24H26N2O3S. The van der Waals surface area contributed by atoms with Crippen LogP contribution in [-0.2, 0) is 10.0 Å². The molecule has 30 heavy (non-hydrogen) atoms. The smallest absolute Gasteiger partial charge is 0.262 e. The molecule has 0 saturated heterocycles. The third kappa shape index (κ3) is 4.71. The summed E-state index contributed by atoms with van der Waals surface area (Å²) >= 11 is 0. The number of carbonyl (C=O) groups excluding carboxylic acids is 1. The van der Waals surface area contributed by atoms with Crippen molar-refractivity contribution in [1.82, 2.24) is 0 Å². The fraction of sp³-hybridized carbons (Fsp3) is 0.208. The number of carbonyl (C=O) groups is 1. The number of sulfonamides is 1. The van der Waals surface area contributed by atoms with Crippen LogP contribution < -0.4 is 10.0 Å². The van der Waals surface area contributed by atoms with Crippen LogP contribution in [0.4, 0.5) is 11.4 Å². The highest BCUT2D eigenvalue weighted by Gasteiger charge is 2.19. The molecule has 5 nitrogen and oxygen atoms in total. The van der Waals surface area contributed by atoms with E-state index in [2.05, 4.69) is 10.0 Å². The third-order valence-corrected chi connectivity index (χ3v) is 6.64. The molecule has 0 heterocycles. The summed E-state index contributed by atoms with van der Waals surface area (Å²) in [5.74, 6) is -0.285. The van der Waals surface area contributed by atoms with Gasteiger partial charge in [-0.1, -0.05) is 29.8 Å². The van der Waals surface area contributed by atoms with Crippen molar-refractivity contribution >= 4 is 27.3 Å². The molecule has 0 aliphatic heterocycles. The van der Waals surface area contributed by atoms with E-state index in [4.69, 9.17) is 0 Å². The van der Waals surface area contributed by atoms with Crippen molar-refractivity contribution in [3.8, 4) is 0 Å². The molecule has 0 aromatic heterocycles. The Kier molecular flexibility index (Phi) is 5.99. The van der Waals surface area contributed by atoms with Crippen molar-refractivity contribution in [1.29, 1.82) is 0 Å². The van der Waals surface area contributed by atoms with Gasteiger partial charge >= 0.3 is 0 Å². The van der Waals surface area contributed by atoms with Crippen LogP contribution in [0.5, 0.6) is 0 Å². The van der Waals surface area contributed by atoms with Crippen LogP contribution in [0.1, 0.15) is 38.2 Å². The lowest BCUT2D eigenvalue weighted by Gasteiger charge is -2.14. The summed E-state index contributed by atoms with van der Waals surface area (Å²) in [6.45, 7) is 9.47. The van der Waals surface area contributed by atoms with E-state index in [1.807, 2.05) is 52.0 Å². The second-order valence-electron chi connectivity index (χ2n) is 7.66. The van der Waals surface area contributed by atoms with Gasteiger partial charge in [-0.25, -0.2) is 8.42 Å². The van der Waals surface area contributed by atoms with Gasteiger partial charge in [-0.2, -0.15) is 0 Å². The predicted octanol–water partition coefficient (Wildman–Crippen LogP) is 5.28. The number of hydrogen-bond donors (Lipinski definition) is 2. The van der Waals surface area contributed by atoms with Gasteiger partial charge in [-0.3, -0.25) is 9.52 Å². The van der Waals surface area contributed by atoms with Gasteiger partial charge < -0.3 is 5.32 Å². The maximum absolute atomic E-state index is 13.0. The Labute approximate surface area is 178 Å². The molecule has 0 radical (unpaired) electrons. The Morgan fingerprint density at radius 1 is 0.733 bits per heavy atom. The Bertz CT molecular complexity index is 1230. The topological polar surface area (TPSA) is 75.3 Å². The molecule has 0 aliphatic rings. The molecule has 0 fully saturated rings. The van der Waals surface area contributed by atoms with Gasteiger partial charge in [0.25, 0.3) is 15.9 Å². The maximum atomic E-state index is 13.0. The largest absolute Gasteiger partial charge is 0.322 e. The average Bonchev–Trinajstić information content (AvgIpc) is 2.67. The van der Waals surface area contributed by atoms with Crippen molar-refractivity contribution in [2.24, 2.45) is 0 Å². The summed E-state index contributed by atoms with van der Waals surface area (Å²) in [5, 5.41) is 2.80. The van der Waals surface area contributed by atoms with Gasteiger partial charge in [0.2, 0.25) is 0 Å². The molecule has 0 spiro atoms. The molecule has 2 N–H and O–H groups in total. The van der Waals surface area contributed by atoms with E-state index in [1.165, 1.54) is 6.07 Å². The van der Waals surface area contributed by atoms with Gasteiger partial charge in [0, 0.05) is 11.3 Å². The number of amides is 1. The molecule has 0 aliphatic carbocycles. The third-order valence-electron chi connectivity index (χ3n) is 5.13. The zero-order valence-electron chi connectivity index (χ0n) is 17.8. The molecule has 0 bridgehead atoms. The molecule has 0 unspecified atom stereocenters. The first kappa shape index (κ1) is 21.6. The second kappa shape index (κ2) is 8.32. The minimum Gasteiger partial charge on any atom is -0.322 e. The molecule has 3 aromatic carbocycles. The summed E-state index contributed by atoms with van der Waals surface area (Å²) in [6.07, 6.45) is 0. The first-order chi connectivity index (χ1) is 14.1. The fourth-order valence-electron chi connectivity index (χ4n) is 3.18. The highest BCUT2D eigenvalue weighted by molar-refractivity contribution is 7.92. The van der Waals surface area contributed by atoms with E-state index < -0.39 is 10.0 Å². The van der Waals surface area contributed by atoms with E-state index in [0.717, 1.165) is 22.3 Å². The SMILES string of the molecule is Cc1ccc(NS(=O)(=O)c2cc(NC(=O)c3ccc(C)c(C)c3)ccc2C)c(C)c1. The van der Waals surface area contributed by atoms with Crippen LogP contribution in [0.25, 0.3) is 0 Å². The highest BCUT2D eigenvalue weighted by atomic mass is 32.2. The number of hydrogen-bond acceptors (Lipinski definition) is 3. The summed E-state index contributed by atoms with van der Waals surface area (Å²) in [6, 6.07) is 15.9. The van der Waals surface area contributed by atoms with E-state index in [1.54, 1.807) is 31.2 Å². The first-order valence-electron chi connectivity index (χ1n) is 9.66. The molecule has 3 aromatic rings. The Balaban J connectivity index is 1.88. The lowest BCUT2D eigenvalue weighted by Crippen LogP contribution is -2.17.